The number of nitrogen functional groups attached to an aromatic ring is 1. The van der Waals surface area contributed by atoms with E-state index in [9.17, 15) is 48.6 Å². The molecule has 94 heavy (non-hydrogen) atoms. The molecule has 0 aliphatic rings. The van der Waals surface area contributed by atoms with Gasteiger partial charge >= 0.3 is 18.2 Å². The Morgan fingerprint density at radius 3 is 1.32 bits per heavy atom. The quantitative estimate of drug-likeness (QED) is 0.0161. The number of carbonyl (C=O) groups is 8. The number of nitrogens with zero attached hydrogens (tertiary/aromatic N) is 6. The topological polar surface area (TPSA) is 406 Å². The number of hydrogen-bond donors (Lipinski definition) is 11. The average molecular weight is 1430 g/mol. The molecule has 0 atom stereocenters. The summed E-state index contributed by atoms with van der Waals surface area (Å²) in [5, 5.41) is 48.9. The number of aromatic nitrogens is 6. The van der Waals surface area contributed by atoms with Crippen LogP contribution in [0.4, 0.5) is 21.2 Å². The summed E-state index contributed by atoms with van der Waals surface area (Å²) in [6.45, 7) is 23.3. The second-order valence-corrected chi connectivity index (χ2v) is 25.0. The molecule has 0 bridgehead atoms. The van der Waals surface area contributed by atoms with E-state index in [1.807, 2.05) is 71.5 Å². The third-order valence-electron chi connectivity index (χ3n) is 12.8. The van der Waals surface area contributed by atoms with Gasteiger partial charge in [0.1, 0.15) is 60.2 Å². The minimum absolute atomic E-state index is 0. The number of nitrogens with two attached hydrogens (primary N) is 1. The minimum atomic E-state index is -1.02. The molecule has 4 heterocycles. The number of para-hydroxylation sites is 2. The number of anilines is 2. The molecule has 0 fully saturated rings. The zero-order chi connectivity index (χ0) is 69.1. The van der Waals surface area contributed by atoms with Crippen molar-refractivity contribution < 1.29 is 72.6 Å². The number of halogens is 1. The predicted molar refractivity (Wildman–Crippen MR) is 367 cm³/mol. The number of unbranched alkanes of at least 4 members (excludes halogenated alkanes) is 4. The number of hydrogen-bond acceptors (Lipinski definition) is 19. The van der Waals surface area contributed by atoms with Gasteiger partial charge in [-0.3, -0.25) is 28.8 Å². The van der Waals surface area contributed by atoms with Crippen molar-refractivity contribution >= 4 is 127 Å². The van der Waals surface area contributed by atoms with Crippen LogP contribution in [0.3, 0.4) is 0 Å². The number of amides is 7. The van der Waals surface area contributed by atoms with E-state index >= 15 is 0 Å². The fourth-order valence-electron chi connectivity index (χ4n) is 8.95. The van der Waals surface area contributed by atoms with Crippen LogP contribution in [0, 0.1) is 0 Å². The number of rotatable bonds is 31. The Balaban J connectivity index is 0.000000403. The van der Waals surface area contributed by atoms with Gasteiger partial charge in [-0.1, -0.05) is 49.2 Å². The maximum atomic E-state index is 12.9. The van der Waals surface area contributed by atoms with Crippen LogP contribution in [-0.4, -0.2) is 167 Å². The van der Waals surface area contributed by atoms with Crippen LogP contribution in [-0.2, 0) is 74.0 Å². The lowest BCUT2D eigenvalue weighted by Gasteiger charge is -2.20. The molecule has 6 aromatic rings. The van der Waals surface area contributed by atoms with Gasteiger partial charge in [-0.05, 0) is 121 Å². The molecule has 520 valence electrons. The Kier molecular flexibility index (Phi) is 32.7. The van der Waals surface area contributed by atoms with Gasteiger partial charge in [0, 0.05) is 49.9 Å². The van der Waals surface area contributed by atoms with Crippen LogP contribution in [0.15, 0.2) is 48.5 Å². The van der Waals surface area contributed by atoms with Crippen molar-refractivity contribution in [2.75, 3.05) is 63.5 Å². The van der Waals surface area contributed by atoms with Crippen LogP contribution in [0.1, 0.15) is 146 Å². The molecule has 30 heteroatoms. The van der Waals surface area contributed by atoms with E-state index < -0.39 is 52.4 Å². The van der Waals surface area contributed by atoms with E-state index in [1.165, 1.54) is 0 Å². The SMILES string of the molecule is CC(C)(C)OC(=O)NCC(=O)NCC(=O)NCCCCCC(=O)O.CCOCc1nc2c(N)nc3ccccc3c2n1CC(C)(C)O.CCOCc1nc2c(NC(=O)CCCCCNC(=O)CNC(=O)CNC(=O)OC(C)(C)C)nc3ccccc3c2n1CC(C)(C)O.I. The van der Waals surface area contributed by atoms with Crippen molar-refractivity contribution in [3.63, 3.8) is 0 Å². The lowest BCUT2D eigenvalue weighted by Crippen LogP contribution is -2.43. The van der Waals surface area contributed by atoms with E-state index in [0.29, 0.717) is 112 Å². The third-order valence-corrected chi connectivity index (χ3v) is 12.8. The normalized spacial score (nSPS) is 11.5. The van der Waals surface area contributed by atoms with Crippen LogP contribution >= 0.6 is 24.0 Å². The zero-order valence-electron chi connectivity index (χ0n) is 56.2. The number of nitrogens with one attached hydrogen (secondary N) is 7. The van der Waals surface area contributed by atoms with E-state index in [2.05, 4.69) is 47.2 Å². The molecule has 7 amide bonds. The molecule has 0 aliphatic heterocycles. The molecule has 0 aliphatic carbocycles. The number of benzene rings is 2. The fraction of sp³-hybridized carbons (Fsp3) is 0.562. The molecular formula is C64H97IN14O15. The van der Waals surface area contributed by atoms with Gasteiger partial charge in [0.25, 0.3) is 0 Å². The minimum Gasteiger partial charge on any atom is -0.481 e. The smallest absolute Gasteiger partial charge is 0.408 e. The summed E-state index contributed by atoms with van der Waals surface area (Å²) in [5.41, 5.74) is 7.24. The number of ether oxygens (including phenoxy) is 4. The highest BCUT2D eigenvalue weighted by atomic mass is 127. The molecule has 0 saturated carbocycles. The largest absolute Gasteiger partial charge is 0.481 e. The first-order chi connectivity index (χ1) is 43.7. The summed E-state index contributed by atoms with van der Waals surface area (Å²) in [6.07, 6.45) is 2.83. The van der Waals surface area contributed by atoms with Crippen LogP contribution in [0.2, 0.25) is 0 Å². The molecule has 2 aromatic carbocycles. The number of imidazole rings is 2. The highest BCUT2D eigenvalue weighted by Crippen LogP contribution is 2.33. The van der Waals surface area contributed by atoms with Crippen molar-refractivity contribution in [1.29, 1.82) is 0 Å². The maximum Gasteiger partial charge on any atom is 0.408 e. The molecule has 0 saturated heterocycles. The number of carboxylic acids is 1. The first-order valence-electron chi connectivity index (χ1n) is 31.1. The predicted octanol–water partition coefficient (Wildman–Crippen LogP) is 6.63. The van der Waals surface area contributed by atoms with Gasteiger partial charge < -0.3 is 86.4 Å². The van der Waals surface area contributed by atoms with Gasteiger partial charge in [0.05, 0.1) is 59.4 Å². The van der Waals surface area contributed by atoms with Crippen molar-refractivity contribution in [1.82, 2.24) is 61.0 Å². The molecule has 0 unspecified atom stereocenters. The summed E-state index contributed by atoms with van der Waals surface area (Å²) in [6, 6.07) is 15.4. The number of pyridine rings is 2. The fourth-order valence-corrected chi connectivity index (χ4v) is 8.95. The molecule has 6 rings (SSSR count). The highest BCUT2D eigenvalue weighted by Gasteiger charge is 2.26. The van der Waals surface area contributed by atoms with Crippen LogP contribution < -0.4 is 43.0 Å². The Bertz CT molecular complexity index is 3490. The molecule has 0 spiro atoms. The Morgan fingerprint density at radius 1 is 0.500 bits per heavy atom. The van der Waals surface area contributed by atoms with Crippen molar-refractivity contribution in [2.45, 2.75) is 183 Å². The third kappa shape index (κ3) is 29.5. The van der Waals surface area contributed by atoms with Gasteiger partial charge in [0.15, 0.2) is 11.6 Å². The van der Waals surface area contributed by atoms with Crippen molar-refractivity contribution in [2.24, 2.45) is 0 Å². The van der Waals surface area contributed by atoms with Gasteiger partial charge in [0.2, 0.25) is 29.5 Å². The molecule has 0 radical (unpaired) electrons. The van der Waals surface area contributed by atoms with Crippen LogP contribution in [0.25, 0.3) is 43.9 Å². The number of alkyl carbamates (subject to hydrolysis) is 2. The van der Waals surface area contributed by atoms with Crippen LogP contribution in [0.5, 0.6) is 0 Å². The van der Waals surface area contributed by atoms with Gasteiger partial charge in [-0.2, -0.15) is 0 Å². The highest BCUT2D eigenvalue weighted by molar-refractivity contribution is 14.0. The lowest BCUT2D eigenvalue weighted by atomic mass is 10.1. The Hall–Kier alpha value is -8.07. The van der Waals surface area contributed by atoms with E-state index in [0.717, 1.165) is 33.1 Å². The standard InChI is InChI=1S/C32H47N7O7.C17H22N4O2.C15H27N3O6.HI/c1-7-45-19-23-37-27-28(39(23)20-32(5,6)44)21-13-10-11-14-22(21)36-29(27)38-24(40)15-9-8-12-16-33-25(41)17-34-26(42)18-35-30(43)46-31(2,3)4;1-4-23-9-13-20-14-15(21(13)10-17(2,3)22)11-7-5-6-8-12(11)19-16(14)18;1-15(2,3)24-14(23)18-10-12(20)17-9-11(19)16-8-6-4-5-7-13(21)22;/h10-11,13-14,44H,7-9,12,15-20H2,1-6H3,(H,33,41)(H,34,42)(H,35,43)(H,36,38,40);5-8,22H,4,9-10H2,1-3H3,(H2,18,19);4-10H2,1-3H3,(H,16,19)(H,17,20)(H,18,23)(H,21,22);1H. The zero-order valence-corrected chi connectivity index (χ0v) is 58.5. The summed E-state index contributed by atoms with van der Waals surface area (Å²) < 4.78 is 25.1. The number of carboxylic acid groups (broad SMARTS) is 1. The monoisotopic (exact) mass is 1430 g/mol. The van der Waals surface area contributed by atoms with Crippen molar-refractivity contribution in [3.05, 3.63) is 60.2 Å². The first kappa shape index (κ1) is 80.2. The summed E-state index contributed by atoms with van der Waals surface area (Å²) in [4.78, 5) is 112. The molecular weight excluding hydrogens is 1330 g/mol. The second-order valence-electron chi connectivity index (χ2n) is 25.0. The Morgan fingerprint density at radius 2 is 0.894 bits per heavy atom. The molecule has 4 aromatic heterocycles. The summed E-state index contributed by atoms with van der Waals surface area (Å²) in [5.74, 6) is -0.646. The van der Waals surface area contributed by atoms with Gasteiger partial charge in [-0.15, -0.1) is 24.0 Å². The molecule has 12 N–H and O–H groups in total. The summed E-state index contributed by atoms with van der Waals surface area (Å²) >= 11 is 0. The number of aliphatic hydroxyl groups is 2. The van der Waals surface area contributed by atoms with E-state index in [1.54, 1.807) is 69.2 Å². The second kappa shape index (κ2) is 38.3. The Labute approximate surface area is 564 Å². The number of fused-ring (bicyclic) bond motifs is 6. The maximum absolute atomic E-state index is 12.9. The number of carbonyl (C=O) groups excluding carboxylic acids is 7. The lowest BCUT2D eigenvalue weighted by molar-refractivity contribution is -0.137. The number of aliphatic carboxylic acids is 1. The van der Waals surface area contributed by atoms with E-state index in [4.69, 9.17) is 39.8 Å². The molecule has 29 nitrogen and oxygen atoms in total. The summed E-state index contributed by atoms with van der Waals surface area (Å²) in [7, 11) is 0. The average Bonchev–Trinajstić information content (AvgIpc) is 1.58. The van der Waals surface area contributed by atoms with E-state index in [-0.39, 0.29) is 93.9 Å². The van der Waals surface area contributed by atoms with Gasteiger partial charge in [-0.25, -0.2) is 29.5 Å². The first-order valence-corrected chi connectivity index (χ1v) is 31.1. The van der Waals surface area contributed by atoms with Crippen molar-refractivity contribution in [3.8, 4) is 0 Å².